The lowest BCUT2D eigenvalue weighted by Gasteiger charge is -2.56. The molecule has 3 fully saturated rings. The predicted molar refractivity (Wildman–Crippen MR) is 156 cm³/mol. The number of ether oxygens (including phenoxy) is 1. The molecule has 1 aromatic heterocycles. The van der Waals surface area contributed by atoms with Crippen LogP contribution in [0.5, 0.6) is 0 Å². The highest BCUT2D eigenvalue weighted by molar-refractivity contribution is 7.12. The first-order valence-corrected chi connectivity index (χ1v) is 15.3. The quantitative estimate of drug-likeness (QED) is 0.419. The third kappa shape index (κ3) is 6.07. The molecule has 8 heteroatoms. The van der Waals surface area contributed by atoms with E-state index in [1.54, 1.807) is 11.3 Å². The van der Waals surface area contributed by atoms with Gasteiger partial charge in [-0.3, -0.25) is 9.59 Å². The van der Waals surface area contributed by atoms with Crippen LogP contribution in [0.1, 0.15) is 102 Å². The summed E-state index contributed by atoms with van der Waals surface area (Å²) < 4.78 is 5.53. The van der Waals surface area contributed by atoms with Gasteiger partial charge in [-0.15, -0.1) is 11.3 Å². The number of aliphatic carboxylic acids is 1. The number of nitrogens with one attached hydrogen (secondary N) is 1. The smallest absolute Gasteiger partial charge is 0.410 e. The van der Waals surface area contributed by atoms with Crippen molar-refractivity contribution in [2.75, 3.05) is 13.1 Å². The molecule has 0 atom stereocenters. The number of thiophene rings is 1. The van der Waals surface area contributed by atoms with Crippen molar-refractivity contribution in [1.29, 1.82) is 0 Å². The molecule has 40 heavy (non-hydrogen) atoms. The number of hydrogen-bond acceptors (Lipinski definition) is 5. The van der Waals surface area contributed by atoms with Crippen LogP contribution >= 0.6 is 11.3 Å². The molecule has 1 aromatic carbocycles. The van der Waals surface area contributed by atoms with Crippen LogP contribution in [0, 0.1) is 25.2 Å². The first-order chi connectivity index (χ1) is 18.8. The molecule has 2 aliphatic carbocycles. The summed E-state index contributed by atoms with van der Waals surface area (Å²) in [6.45, 7) is 11.2. The van der Waals surface area contributed by atoms with Crippen LogP contribution in [0.2, 0.25) is 0 Å². The number of carboxylic acids is 1. The topological polar surface area (TPSA) is 95.9 Å². The van der Waals surface area contributed by atoms with E-state index >= 15 is 0 Å². The second-order valence-electron chi connectivity index (χ2n) is 13.3. The summed E-state index contributed by atoms with van der Waals surface area (Å²) >= 11 is 1.68. The maximum absolute atomic E-state index is 13.4. The average Bonchev–Trinajstić information content (AvgIpc) is 3.11. The number of carbonyl (C=O) groups is 3. The van der Waals surface area contributed by atoms with E-state index in [4.69, 9.17) is 4.74 Å². The van der Waals surface area contributed by atoms with Crippen LogP contribution in [0.3, 0.4) is 0 Å². The molecule has 0 unspecified atom stereocenters. The molecule has 1 spiro atoms. The van der Waals surface area contributed by atoms with E-state index in [0.29, 0.717) is 25.4 Å². The Morgan fingerprint density at radius 1 is 1.02 bits per heavy atom. The standard InChI is InChI=1S/C32H42N2O5S/c1-19-26(27(20(2)40-19)28(35)33-25-17-32(18-25)15-24(16-32)29(36)37)14-21-6-8-22(9-7-21)23-10-12-34(13-11-23)30(38)39-31(3,4)5/h6-9,23-25H,10-18H2,1-5H3,(H,33,35)(H,36,37). The summed E-state index contributed by atoms with van der Waals surface area (Å²) in [6.07, 6.45) is 5.59. The van der Waals surface area contributed by atoms with Crippen LogP contribution in [0.15, 0.2) is 24.3 Å². The molecule has 2 aromatic rings. The van der Waals surface area contributed by atoms with Crippen LogP contribution in [-0.2, 0) is 16.0 Å². The number of rotatable bonds is 6. The lowest BCUT2D eigenvalue weighted by Crippen LogP contribution is -2.57. The van der Waals surface area contributed by atoms with Crippen LogP contribution in [-0.4, -0.2) is 52.7 Å². The first kappa shape index (κ1) is 28.7. The number of piperidine rings is 1. The number of aryl methyl sites for hydroxylation is 2. The molecule has 2 N–H and O–H groups in total. The zero-order valence-corrected chi connectivity index (χ0v) is 25.2. The fourth-order valence-electron chi connectivity index (χ4n) is 6.91. The number of hydrogen-bond donors (Lipinski definition) is 2. The molecule has 2 heterocycles. The highest BCUT2D eigenvalue weighted by Crippen LogP contribution is 2.58. The van der Waals surface area contributed by atoms with Gasteiger partial charge >= 0.3 is 12.1 Å². The summed E-state index contributed by atoms with van der Waals surface area (Å²) in [5.74, 6) is -0.476. The van der Waals surface area contributed by atoms with Gasteiger partial charge < -0.3 is 20.1 Å². The molecule has 216 valence electrons. The molecule has 1 saturated heterocycles. The molecule has 1 aliphatic heterocycles. The van der Waals surface area contributed by atoms with E-state index < -0.39 is 11.6 Å². The highest BCUT2D eigenvalue weighted by Gasteiger charge is 2.55. The largest absolute Gasteiger partial charge is 0.481 e. The van der Waals surface area contributed by atoms with Crippen molar-refractivity contribution in [3.63, 3.8) is 0 Å². The van der Waals surface area contributed by atoms with E-state index in [1.165, 1.54) is 16.0 Å². The monoisotopic (exact) mass is 566 g/mol. The van der Waals surface area contributed by atoms with Crippen molar-refractivity contribution in [1.82, 2.24) is 10.2 Å². The molecular weight excluding hydrogens is 524 g/mol. The summed E-state index contributed by atoms with van der Waals surface area (Å²) in [4.78, 5) is 41.0. The Hall–Kier alpha value is -2.87. The maximum atomic E-state index is 13.4. The van der Waals surface area contributed by atoms with Gasteiger partial charge in [-0.05, 0) is 108 Å². The van der Waals surface area contributed by atoms with Crippen LogP contribution < -0.4 is 5.32 Å². The van der Waals surface area contributed by atoms with Crippen LogP contribution in [0.25, 0.3) is 0 Å². The summed E-state index contributed by atoms with van der Waals surface area (Å²) in [5, 5.41) is 12.4. The fraction of sp³-hybridized carbons (Fsp3) is 0.594. The molecule has 2 amide bonds. The van der Waals surface area contributed by atoms with E-state index in [1.807, 2.05) is 32.6 Å². The lowest BCUT2D eigenvalue weighted by atomic mass is 9.50. The van der Waals surface area contributed by atoms with Crippen molar-refractivity contribution in [2.45, 2.75) is 97.1 Å². The lowest BCUT2D eigenvalue weighted by molar-refractivity contribution is -0.155. The van der Waals surface area contributed by atoms with Gasteiger partial charge in [0.1, 0.15) is 5.60 Å². The van der Waals surface area contributed by atoms with Crippen molar-refractivity contribution < 1.29 is 24.2 Å². The number of carboxylic acid groups (broad SMARTS) is 1. The maximum Gasteiger partial charge on any atom is 0.410 e. The van der Waals surface area contributed by atoms with Gasteiger partial charge in [-0.2, -0.15) is 0 Å². The number of amides is 2. The Balaban J connectivity index is 1.16. The first-order valence-electron chi connectivity index (χ1n) is 14.5. The molecule has 2 saturated carbocycles. The zero-order valence-electron chi connectivity index (χ0n) is 24.3. The average molecular weight is 567 g/mol. The van der Waals surface area contributed by atoms with Crippen molar-refractivity contribution in [3.05, 3.63) is 56.3 Å². The number of benzene rings is 1. The zero-order chi connectivity index (χ0) is 28.8. The molecule has 7 nitrogen and oxygen atoms in total. The second-order valence-corrected chi connectivity index (χ2v) is 14.7. The third-order valence-corrected chi connectivity index (χ3v) is 10.1. The van der Waals surface area contributed by atoms with Crippen molar-refractivity contribution in [3.8, 4) is 0 Å². The number of nitrogens with zero attached hydrogens (tertiary/aromatic N) is 1. The number of likely N-dealkylation sites (tertiary alicyclic amines) is 1. The Kier molecular flexibility index (Phi) is 7.77. The third-order valence-electron chi connectivity index (χ3n) is 8.99. The van der Waals surface area contributed by atoms with E-state index in [2.05, 4.69) is 36.5 Å². The Morgan fingerprint density at radius 3 is 2.23 bits per heavy atom. The molecule has 5 rings (SSSR count). The normalized spacial score (nSPS) is 24.8. The predicted octanol–water partition coefficient (Wildman–Crippen LogP) is 6.44. The van der Waals surface area contributed by atoms with Gasteiger partial charge in [-0.25, -0.2) is 4.79 Å². The van der Waals surface area contributed by atoms with Gasteiger partial charge in [0.05, 0.1) is 11.5 Å². The van der Waals surface area contributed by atoms with Gasteiger partial charge in [0, 0.05) is 28.9 Å². The van der Waals surface area contributed by atoms with Gasteiger partial charge in [-0.1, -0.05) is 24.3 Å². The molecular formula is C32H42N2O5S. The van der Waals surface area contributed by atoms with Crippen LogP contribution in [0.4, 0.5) is 4.79 Å². The minimum absolute atomic E-state index is 0.000764. The van der Waals surface area contributed by atoms with E-state index in [-0.39, 0.29) is 29.4 Å². The number of carbonyl (C=O) groups excluding carboxylic acids is 2. The fourth-order valence-corrected chi connectivity index (χ4v) is 7.99. The van der Waals surface area contributed by atoms with E-state index in [0.717, 1.165) is 54.5 Å². The second kappa shape index (κ2) is 10.8. The van der Waals surface area contributed by atoms with Crippen molar-refractivity contribution >= 4 is 29.3 Å². The molecule has 3 aliphatic rings. The summed E-state index contributed by atoms with van der Waals surface area (Å²) in [5.41, 5.74) is 4.04. The minimum Gasteiger partial charge on any atom is -0.481 e. The minimum atomic E-state index is -0.691. The van der Waals surface area contributed by atoms with Gasteiger partial charge in [0.15, 0.2) is 0 Å². The summed E-state index contributed by atoms with van der Waals surface area (Å²) in [6, 6.07) is 8.89. The molecule has 0 bridgehead atoms. The SMILES string of the molecule is Cc1sc(C)c(C(=O)NC2CC3(C2)CC(C(=O)O)C3)c1Cc1ccc(C2CCN(C(=O)OC(C)(C)C)CC2)cc1. The Morgan fingerprint density at radius 2 is 1.65 bits per heavy atom. The highest BCUT2D eigenvalue weighted by atomic mass is 32.1. The van der Waals surface area contributed by atoms with Gasteiger partial charge in [0.2, 0.25) is 0 Å². The van der Waals surface area contributed by atoms with E-state index in [9.17, 15) is 19.5 Å². The van der Waals surface area contributed by atoms with Gasteiger partial charge in [0.25, 0.3) is 5.91 Å². The van der Waals surface area contributed by atoms with Crippen molar-refractivity contribution in [2.24, 2.45) is 11.3 Å². The Labute approximate surface area is 241 Å². The Bertz CT molecular complexity index is 1270. The molecule has 0 radical (unpaired) electrons. The summed E-state index contributed by atoms with van der Waals surface area (Å²) in [7, 11) is 0.